The molecule has 6 nitrogen and oxygen atoms in total. The van der Waals surface area contributed by atoms with Gasteiger partial charge in [0.25, 0.3) is 0 Å². The van der Waals surface area contributed by atoms with Crippen molar-refractivity contribution in [2.24, 2.45) is 0 Å². The second-order valence-corrected chi connectivity index (χ2v) is 12.7. The van der Waals surface area contributed by atoms with Crippen LogP contribution in [0.5, 0.6) is 0 Å². The Morgan fingerprint density at radius 3 is 2.51 bits per heavy atom. The van der Waals surface area contributed by atoms with Gasteiger partial charge in [0, 0.05) is 52.3 Å². The molecule has 2 N–H and O–H groups in total. The predicted octanol–water partition coefficient (Wildman–Crippen LogP) is 7.25. The number of hydrogen-bond donors (Lipinski definition) is 2. The van der Waals surface area contributed by atoms with Crippen molar-refractivity contribution in [2.75, 3.05) is 18.0 Å². The molecular formula is C34H38BrN3O3. The first-order chi connectivity index (χ1) is 19.7. The minimum Gasteiger partial charge on any atom is -0.460 e. The smallest absolute Gasteiger partial charge is 0.306 e. The van der Waals surface area contributed by atoms with E-state index in [2.05, 4.69) is 67.5 Å². The van der Waals surface area contributed by atoms with E-state index in [0.29, 0.717) is 12.8 Å². The van der Waals surface area contributed by atoms with Crippen LogP contribution in [0.4, 0.5) is 5.69 Å². The van der Waals surface area contributed by atoms with E-state index in [0.717, 1.165) is 56.4 Å². The van der Waals surface area contributed by atoms with Crippen molar-refractivity contribution >= 4 is 44.4 Å². The SMILES string of the molecule is CC(C)(C)OC(=O)CCc1c[nH]c2ccc(CC(=O)NC(c3ccccc3)c3ccc(Br)cc3N3CCCC3)cc12. The lowest BCUT2D eigenvalue weighted by atomic mass is 9.96. The van der Waals surface area contributed by atoms with Crippen LogP contribution in [-0.2, 0) is 27.2 Å². The summed E-state index contributed by atoms with van der Waals surface area (Å²) in [6, 6.07) is 22.3. The van der Waals surface area contributed by atoms with Crippen molar-refractivity contribution in [1.82, 2.24) is 10.3 Å². The third-order valence-electron chi connectivity index (χ3n) is 7.40. The molecule has 1 amide bonds. The molecule has 0 radical (unpaired) electrons. The van der Waals surface area contributed by atoms with Crippen LogP contribution < -0.4 is 10.2 Å². The molecule has 7 heteroatoms. The van der Waals surface area contributed by atoms with Gasteiger partial charge in [-0.3, -0.25) is 9.59 Å². The first-order valence-corrected chi connectivity index (χ1v) is 15.1. The average molecular weight is 617 g/mol. The molecule has 1 aliphatic heterocycles. The Balaban J connectivity index is 1.35. The summed E-state index contributed by atoms with van der Waals surface area (Å²) in [4.78, 5) is 31.6. The predicted molar refractivity (Wildman–Crippen MR) is 168 cm³/mol. The number of H-pyrrole nitrogens is 1. The molecule has 0 bridgehead atoms. The molecule has 1 atom stereocenters. The first kappa shape index (κ1) is 28.9. The van der Waals surface area contributed by atoms with E-state index in [-0.39, 0.29) is 24.3 Å². The van der Waals surface area contributed by atoms with Crippen molar-refractivity contribution in [2.45, 2.75) is 64.5 Å². The normalized spacial score (nSPS) is 14.3. The van der Waals surface area contributed by atoms with Crippen molar-refractivity contribution in [3.63, 3.8) is 0 Å². The molecule has 2 heterocycles. The van der Waals surface area contributed by atoms with E-state index < -0.39 is 5.60 Å². The Kier molecular flexibility index (Phi) is 8.83. The van der Waals surface area contributed by atoms with Gasteiger partial charge in [-0.1, -0.05) is 58.4 Å². The number of halogens is 1. The van der Waals surface area contributed by atoms with Gasteiger partial charge in [0.1, 0.15) is 5.60 Å². The Labute approximate surface area is 250 Å². The quantitative estimate of drug-likeness (QED) is 0.194. The second-order valence-electron chi connectivity index (χ2n) is 11.8. The molecule has 214 valence electrons. The monoisotopic (exact) mass is 615 g/mol. The highest BCUT2D eigenvalue weighted by atomic mass is 79.9. The van der Waals surface area contributed by atoms with E-state index in [1.807, 2.05) is 57.3 Å². The standard InChI is InChI=1S/C34H38BrN3O3/c1-34(2,3)41-32(40)16-12-25-22-36-29-15-11-23(19-28(25)29)20-31(39)37-33(24-9-5-4-6-10-24)27-14-13-26(35)21-30(27)38-17-7-8-18-38/h4-6,9-11,13-15,19,21-22,33,36H,7-8,12,16-18,20H2,1-3H3,(H,37,39). The third-order valence-corrected chi connectivity index (χ3v) is 7.90. The fraction of sp³-hybridized carbons (Fsp3) is 0.353. The number of aromatic amines is 1. The van der Waals surface area contributed by atoms with Gasteiger partial charge in [0.2, 0.25) is 5.91 Å². The number of aryl methyl sites for hydroxylation is 1. The highest BCUT2D eigenvalue weighted by Crippen LogP contribution is 2.35. The zero-order chi connectivity index (χ0) is 29.0. The summed E-state index contributed by atoms with van der Waals surface area (Å²) in [5.41, 5.74) is 5.77. The lowest BCUT2D eigenvalue weighted by Crippen LogP contribution is -2.32. The second kappa shape index (κ2) is 12.5. The molecule has 1 fully saturated rings. The van der Waals surface area contributed by atoms with E-state index in [4.69, 9.17) is 4.74 Å². The number of ether oxygens (including phenoxy) is 1. The number of hydrogen-bond acceptors (Lipinski definition) is 4. The topological polar surface area (TPSA) is 74.4 Å². The van der Waals surface area contributed by atoms with Crippen LogP contribution in [0.15, 0.2) is 77.4 Å². The van der Waals surface area contributed by atoms with Crippen molar-refractivity contribution in [3.05, 3.63) is 99.7 Å². The molecule has 1 unspecified atom stereocenters. The minimum absolute atomic E-state index is 0.0423. The van der Waals surface area contributed by atoms with E-state index >= 15 is 0 Å². The number of carbonyl (C=O) groups excluding carboxylic acids is 2. The third kappa shape index (κ3) is 7.39. The zero-order valence-corrected chi connectivity index (χ0v) is 25.6. The molecule has 3 aromatic carbocycles. The van der Waals surface area contributed by atoms with Gasteiger partial charge >= 0.3 is 5.97 Å². The van der Waals surface area contributed by atoms with Crippen LogP contribution in [-0.4, -0.2) is 35.6 Å². The van der Waals surface area contributed by atoms with E-state index in [1.54, 1.807) is 0 Å². The lowest BCUT2D eigenvalue weighted by molar-refractivity contribution is -0.154. The Morgan fingerprint density at radius 1 is 1.02 bits per heavy atom. The van der Waals surface area contributed by atoms with Gasteiger partial charge in [-0.25, -0.2) is 0 Å². The molecule has 1 aliphatic rings. The summed E-state index contributed by atoms with van der Waals surface area (Å²) < 4.78 is 6.51. The van der Waals surface area contributed by atoms with E-state index in [9.17, 15) is 9.59 Å². The molecule has 1 saturated heterocycles. The van der Waals surface area contributed by atoms with Crippen molar-refractivity contribution < 1.29 is 14.3 Å². The molecule has 41 heavy (non-hydrogen) atoms. The number of benzene rings is 3. The molecule has 0 saturated carbocycles. The largest absolute Gasteiger partial charge is 0.460 e. The maximum Gasteiger partial charge on any atom is 0.306 e. The summed E-state index contributed by atoms with van der Waals surface area (Å²) >= 11 is 3.66. The maximum atomic E-state index is 13.6. The number of nitrogens with one attached hydrogen (secondary N) is 2. The van der Waals surface area contributed by atoms with Crippen LogP contribution in [0.2, 0.25) is 0 Å². The fourth-order valence-corrected chi connectivity index (χ4v) is 5.90. The maximum absolute atomic E-state index is 13.6. The molecule has 0 spiro atoms. The summed E-state index contributed by atoms with van der Waals surface area (Å²) in [5, 5.41) is 4.38. The molecule has 5 rings (SSSR count). The number of anilines is 1. The summed E-state index contributed by atoms with van der Waals surface area (Å²) in [5.74, 6) is -0.255. The minimum atomic E-state index is -0.499. The number of rotatable bonds is 9. The van der Waals surface area contributed by atoms with Gasteiger partial charge in [0.05, 0.1) is 12.5 Å². The van der Waals surface area contributed by atoms with Crippen LogP contribution in [0.3, 0.4) is 0 Å². The molecular weight excluding hydrogens is 578 g/mol. The summed E-state index contributed by atoms with van der Waals surface area (Å²) in [6.45, 7) is 7.67. The molecule has 4 aromatic rings. The lowest BCUT2D eigenvalue weighted by Gasteiger charge is -2.27. The van der Waals surface area contributed by atoms with Gasteiger partial charge in [0.15, 0.2) is 0 Å². The van der Waals surface area contributed by atoms with Gasteiger partial charge in [-0.15, -0.1) is 0 Å². The number of aromatic nitrogens is 1. The summed E-state index contributed by atoms with van der Waals surface area (Å²) in [6.07, 6.45) is 5.43. The highest BCUT2D eigenvalue weighted by molar-refractivity contribution is 9.10. The van der Waals surface area contributed by atoms with Crippen LogP contribution >= 0.6 is 15.9 Å². The fourth-order valence-electron chi connectivity index (χ4n) is 5.55. The van der Waals surface area contributed by atoms with Crippen LogP contribution in [0.25, 0.3) is 10.9 Å². The van der Waals surface area contributed by atoms with Crippen molar-refractivity contribution in [3.8, 4) is 0 Å². The highest BCUT2D eigenvalue weighted by Gasteiger charge is 2.24. The number of amides is 1. The number of carbonyl (C=O) groups is 2. The van der Waals surface area contributed by atoms with Gasteiger partial charge < -0.3 is 19.9 Å². The number of esters is 1. The Bertz CT molecular complexity index is 1520. The van der Waals surface area contributed by atoms with Crippen LogP contribution in [0.1, 0.15) is 68.3 Å². The summed E-state index contributed by atoms with van der Waals surface area (Å²) in [7, 11) is 0. The average Bonchev–Trinajstić information content (AvgIpc) is 3.61. The molecule has 0 aliphatic carbocycles. The van der Waals surface area contributed by atoms with E-state index in [1.165, 1.54) is 12.8 Å². The van der Waals surface area contributed by atoms with Gasteiger partial charge in [-0.05, 0) is 81.0 Å². The van der Waals surface area contributed by atoms with Crippen LogP contribution in [0, 0.1) is 0 Å². The first-order valence-electron chi connectivity index (χ1n) is 14.4. The number of nitrogens with zero attached hydrogens (tertiary/aromatic N) is 1. The van der Waals surface area contributed by atoms with Crippen molar-refractivity contribution in [1.29, 1.82) is 0 Å². The molecule has 1 aromatic heterocycles. The zero-order valence-electron chi connectivity index (χ0n) is 24.0. The van der Waals surface area contributed by atoms with Gasteiger partial charge in [-0.2, -0.15) is 0 Å². The Morgan fingerprint density at radius 2 is 1.78 bits per heavy atom. The number of fused-ring (bicyclic) bond motifs is 1. The Hall–Kier alpha value is -3.58.